The molecule has 0 aromatic heterocycles. The van der Waals surface area contributed by atoms with E-state index in [-0.39, 0.29) is 18.2 Å². The van der Waals surface area contributed by atoms with Gasteiger partial charge in [0, 0.05) is 25.7 Å². The summed E-state index contributed by atoms with van der Waals surface area (Å²) in [6, 6.07) is 0.452. The van der Waals surface area contributed by atoms with Crippen molar-refractivity contribution in [2.45, 2.75) is 64.0 Å². The average Bonchev–Trinajstić information content (AvgIpc) is 2.39. The highest BCUT2D eigenvalue weighted by molar-refractivity contribution is 5.75. The standard InChI is InChI=1S/C14H26N2O2/c1-12(17)11-13-7-3-6-10-16(13)14(18)15-8-4-2-5-9-15/h12-13,17H,2-11H2,1H3. The summed E-state index contributed by atoms with van der Waals surface area (Å²) in [5, 5.41) is 9.56. The predicted molar refractivity (Wildman–Crippen MR) is 71.5 cm³/mol. The minimum atomic E-state index is -0.315. The van der Waals surface area contributed by atoms with Gasteiger partial charge in [-0.2, -0.15) is 0 Å². The molecule has 2 fully saturated rings. The van der Waals surface area contributed by atoms with E-state index in [1.54, 1.807) is 0 Å². The molecule has 0 saturated carbocycles. The Morgan fingerprint density at radius 3 is 2.50 bits per heavy atom. The normalized spacial score (nSPS) is 27.1. The van der Waals surface area contributed by atoms with Crippen LogP contribution in [0.1, 0.15) is 51.9 Å². The molecule has 1 N–H and O–H groups in total. The minimum Gasteiger partial charge on any atom is -0.393 e. The lowest BCUT2D eigenvalue weighted by Gasteiger charge is -2.40. The molecule has 0 spiro atoms. The number of hydrogen-bond donors (Lipinski definition) is 1. The van der Waals surface area contributed by atoms with Gasteiger partial charge in [-0.3, -0.25) is 0 Å². The number of nitrogens with zero attached hydrogens (tertiary/aromatic N) is 2. The van der Waals surface area contributed by atoms with Crippen LogP contribution in [0.3, 0.4) is 0 Å². The zero-order valence-electron chi connectivity index (χ0n) is 11.5. The Balaban J connectivity index is 1.96. The van der Waals surface area contributed by atoms with E-state index in [0.717, 1.165) is 51.7 Å². The minimum absolute atomic E-state index is 0.208. The Hall–Kier alpha value is -0.770. The lowest BCUT2D eigenvalue weighted by Crippen LogP contribution is -2.52. The highest BCUT2D eigenvalue weighted by Crippen LogP contribution is 2.23. The molecule has 2 atom stereocenters. The molecular weight excluding hydrogens is 228 g/mol. The van der Waals surface area contributed by atoms with Crippen LogP contribution in [0.2, 0.25) is 0 Å². The van der Waals surface area contributed by atoms with Crippen molar-refractivity contribution < 1.29 is 9.90 Å². The molecule has 2 aliphatic heterocycles. The lowest BCUT2D eigenvalue weighted by molar-refractivity contribution is 0.0803. The van der Waals surface area contributed by atoms with E-state index in [1.807, 2.05) is 16.7 Å². The maximum Gasteiger partial charge on any atom is 0.320 e. The van der Waals surface area contributed by atoms with Crippen LogP contribution >= 0.6 is 0 Å². The van der Waals surface area contributed by atoms with Gasteiger partial charge in [0.1, 0.15) is 0 Å². The third-order valence-electron chi connectivity index (χ3n) is 4.11. The zero-order valence-corrected chi connectivity index (χ0v) is 11.5. The predicted octanol–water partition coefficient (Wildman–Crippen LogP) is 2.22. The molecular formula is C14H26N2O2. The Morgan fingerprint density at radius 1 is 1.17 bits per heavy atom. The van der Waals surface area contributed by atoms with E-state index in [0.29, 0.717) is 0 Å². The number of carbonyl (C=O) groups is 1. The number of aliphatic hydroxyl groups excluding tert-OH is 1. The molecule has 4 heteroatoms. The summed E-state index contributed by atoms with van der Waals surface area (Å²) in [6.07, 6.45) is 7.27. The van der Waals surface area contributed by atoms with Crippen molar-refractivity contribution in [3.05, 3.63) is 0 Å². The van der Waals surface area contributed by atoms with E-state index in [4.69, 9.17) is 0 Å². The quantitative estimate of drug-likeness (QED) is 0.821. The van der Waals surface area contributed by atoms with E-state index >= 15 is 0 Å². The van der Waals surface area contributed by atoms with Gasteiger partial charge < -0.3 is 14.9 Å². The summed E-state index contributed by atoms with van der Waals surface area (Å²) < 4.78 is 0. The fourth-order valence-electron chi connectivity index (χ4n) is 3.16. The number of hydrogen-bond acceptors (Lipinski definition) is 2. The Bertz CT molecular complexity index is 275. The second-order valence-corrected chi connectivity index (χ2v) is 5.76. The molecule has 2 rings (SSSR count). The molecule has 2 amide bonds. The number of carbonyl (C=O) groups excluding carboxylic acids is 1. The van der Waals surface area contributed by atoms with Gasteiger partial charge in [0.25, 0.3) is 0 Å². The van der Waals surface area contributed by atoms with Gasteiger partial charge in [-0.15, -0.1) is 0 Å². The molecule has 0 radical (unpaired) electrons. The second kappa shape index (κ2) is 6.41. The van der Waals surface area contributed by atoms with Gasteiger partial charge in [0.2, 0.25) is 0 Å². The van der Waals surface area contributed by atoms with E-state index in [1.165, 1.54) is 12.8 Å². The smallest absolute Gasteiger partial charge is 0.320 e. The van der Waals surface area contributed by atoms with Crippen LogP contribution in [0.15, 0.2) is 0 Å². The molecule has 0 bridgehead atoms. The molecule has 0 aromatic rings. The molecule has 2 aliphatic rings. The SMILES string of the molecule is CC(O)CC1CCCCN1C(=O)N1CCCCC1. The van der Waals surface area contributed by atoms with Gasteiger partial charge in [0.05, 0.1) is 6.10 Å². The van der Waals surface area contributed by atoms with Crippen LogP contribution in [0.5, 0.6) is 0 Å². The maximum absolute atomic E-state index is 12.5. The van der Waals surface area contributed by atoms with Gasteiger partial charge in [-0.05, 0) is 51.9 Å². The van der Waals surface area contributed by atoms with Crippen molar-refractivity contribution in [2.75, 3.05) is 19.6 Å². The topological polar surface area (TPSA) is 43.8 Å². The van der Waals surface area contributed by atoms with Crippen LogP contribution in [-0.2, 0) is 0 Å². The number of likely N-dealkylation sites (tertiary alicyclic amines) is 2. The summed E-state index contributed by atoms with van der Waals surface area (Å²) in [6.45, 7) is 4.51. The van der Waals surface area contributed by atoms with Crippen molar-refractivity contribution in [3.8, 4) is 0 Å². The van der Waals surface area contributed by atoms with Crippen molar-refractivity contribution in [1.82, 2.24) is 9.80 Å². The first kappa shape index (κ1) is 13.7. The average molecular weight is 254 g/mol. The van der Waals surface area contributed by atoms with Crippen molar-refractivity contribution in [3.63, 3.8) is 0 Å². The van der Waals surface area contributed by atoms with Crippen LogP contribution in [0, 0.1) is 0 Å². The summed E-state index contributed by atoms with van der Waals surface area (Å²) in [4.78, 5) is 16.5. The van der Waals surface area contributed by atoms with Crippen LogP contribution < -0.4 is 0 Å². The lowest BCUT2D eigenvalue weighted by atomic mass is 9.97. The molecule has 4 nitrogen and oxygen atoms in total. The fraction of sp³-hybridized carbons (Fsp3) is 0.929. The first-order valence-corrected chi connectivity index (χ1v) is 7.42. The Kier molecular flexibility index (Phi) is 4.87. The van der Waals surface area contributed by atoms with Gasteiger partial charge in [-0.1, -0.05) is 0 Å². The number of amides is 2. The molecule has 0 aromatic carbocycles. The third-order valence-corrected chi connectivity index (χ3v) is 4.11. The molecule has 104 valence electrons. The molecule has 2 saturated heterocycles. The number of rotatable bonds is 2. The zero-order chi connectivity index (χ0) is 13.0. The first-order valence-electron chi connectivity index (χ1n) is 7.42. The van der Waals surface area contributed by atoms with E-state index in [2.05, 4.69) is 0 Å². The number of aliphatic hydroxyl groups is 1. The molecule has 2 unspecified atom stereocenters. The molecule has 0 aliphatic carbocycles. The first-order chi connectivity index (χ1) is 8.68. The maximum atomic E-state index is 12.5. The van der Waals surface area contributed by atoms with Crippen LogP contribution in [0.4, 0.5) is 4.79 Å². The summed E-state index contributed by atoms with van der Waals surface area (Å²) in [5.74, 6) is 0. The monoisotopic (exact) mass is 254 g/mol. The van der Waals surface area contributed by atoms with Gasteiger partial charge in [-0.25, -0.2) is 4.79 Å². The van der Waals surface area contributed by atoms with Crippen LogP contribution in [0.25, 0.3) is 0 Å². The van der Waals surface area contributed by atoms with E-state index < -0.39 is 0 Å². The summed E-state index contributed by atoms with van der Waals surface area (Å²) >= 11 is 0. The number of piperidine rings is 2. The highest BCUT2D eigenvalue weighted by atomic mass is 16.3. The van der Waals surface area contributed by atoms with Crippen LogP contribution in [-0.4, -0.2) is 52.7 Å². The third kappa shape index (κ3) is 3.37. The largest absolute Gasteiger partial charge is 0.393 e. The van der Waals surface area contributed by atoms with Gasteiger partial charge in [0.15, 0.2) is 0 Å². The molecule has 18 heavy (non-hydrogen) atoms. The second-order valence-electron chi connectivity index (χ2n) is 5.76. The molecule has 2 heterocycles. The van der Waals surface area contributed by atoms with Crippen molar-refractivity contribution >= 4 is 6.03 Å². The number of urea groups is 1. The summed E-state index contributed by atoms with van der Waals surface area (Å²) in [5.41, 5.74) is 0. The van der Waals surface area contributed by atoms with Crippen molar-refractivity contribution in [2.24, 2.45) is 0 Å². The Labute approximate surface area is 110 Å². The summed E-state index contributed by atoms with van der Waals surface area (Å²) in [7, 11) is 0. The van der Waals surface area contributed by atoms with E-state index in [9.17, 15) is 9.90 Å². The highest BCUT2D eigenvalue weighted by Gasteiger charge is 2.30. The fourth-order valence-corrected chi connectivity index (χ4v) is 3.16. The van der Waals surface area contributed by atoms with Gasteiger partial charge >= 0.3 is 6.03 Å². The Morgan fingerprint density at radius 2 is 1.83 bits per heavy atom. The van der Waals surface area contributed by atoms with Crippen molar-refractivity contribution in [1.29, 1.82) is 0 Å².